The van der Waals surface area contributed by atoms with Crippen molar-refractivity contribution in [3.8, 4) is 0 Å². The number of aryl methyl sites for hydroxylation is 2. The van der Waals surface area contributed by atoms with Gasteiger partial charge in [-0.05, 0) is 47.0 Å². The van der Waals surface area contributed by atoms with Gasteiger partial charge in [-0.1, -0.05) is 6.07 Å². The molecule has 0 fully saturated rings. The van der Waals surface area contributed by atoms with E-state index in [9.17, 15) is 9.59 Å². The lowest BCUT2D eigenvalue weighted by Gasteiger charge is -2.33. The molecule has 7 heteroatoms. The van der Waals surface area contributed by atoms with Crippen molar-refractivity contribution in [1.82, 2.24) is 0 Å². The fourth-order valence-corrected chi connectivity index (χ4v) is 3.46. The van der Waals surface area contributed by atoms with Crippen LogP contribution in [-0.2, 0) is 23.8 Å². The molecule has 0 bridgehead atoms. The molecule has 0 saturated heterocycles. The molecule has 1 aliphatic heterocycles. The highest BCUT2D eigenvalue weighted by Crippen LogP contribution is 2.36. The lowest BCUT2D eigenvalue weighted by molar-refractivity contribution is -0.140. The monoisotopic (exact) mass is 383 g/mol. The second-order valence-corrected chi connectivity index (χ2v) is 5.98. The molecule has 124 valence electrons. The highest BCUT2D eigenvalue weighted by Gasteiger charge is 2.33. The third-order valence-electron chi connectivity index (χ3n) is 3.50. The molecule has 0 amide bonds. The van der Waals surface area contributed by atoms with Crippen LogP contribution >= 0.6 is 15.9 Å². The maximum Gasteiger partial charge on any atom is 0.355 e. The third kappa shape index (κ3) is 3.40. The average molecular weight is 384 g/mol. The van der Waals surface area contributed by atoms with Crippen LogP contribution in [0.1, 0.15) is 11.1 Å². The van der Waals surface area contributed by atoms with Crippen LogP contribution in [-0.4, -0.2) is 39.5 Å². The van der Waals surface area contributed by atoms with E-state index in [1.165, 1.54) is 14.2 Å². The normalized spacial score (nSPS) is 14.7. The van der Waals surface area contributed by atoms with Gasteiger partial charge < -0.3 is 19.1 Å². The van der Waals surface area contributed by atoms with Gasteiger partial charge in [-0.25, -0.2) is 9.59 Å². The summed E-state index contributed by atoms with van der Waals surface area (Å²) >= 11 is 3.52. The van der Waals surface area contributed by atoms with Gasteiger partial charge in [0.15, 0.2) is 0 Å². The number of hydrogen-bond acceptors (Lipinski definition) is 6. The number of halogens is 1. The molecule has 0 atom stereocenters. The standard InChI is InChI=1S/C16H18BrNO5/c1-9-5-10(2)13(12(17)6-9)18-8-23-7-11(15(19)21-3)14(18)16(20)22-4/h5-6H,7-8H2,1-4H3. The first kappa shape index (κ1) is 17.5. The summed E-state index contributed by atoms with van der Waals surface area (Å²) in [6.07, 6.45) is 0. The van der Waals surface area contributed by atoms with E-state index in [4.69, 9.17) is 14.2 Å². The highest BCUT2D eigenvalue weighted by molar-refractivity contribution is 9.10. The Labute approximate surface area is 143 Å². The van der Waals surface area contributed by atoms with Gasteiger partial charge in [0.1, 0.15) is 12.4 Å². The molecule has 1 aromatic carbocycles. The molecule has 23 heavy (non-hydrogen) atoms. The van der Waals surface area contributed by atoms with Crippen LogP contribution in [0.4, 0.5) is 5.69 Å². The fourth-order valence-electron chi connectivity index (χ4n) is 2.57. The lowest BCUT2D eigenvalue weighted by atomic mass is 10.1. The van der Waals surface area contributed by atoms with Crippen molar-refractivity contribution in [3.63, 3.8) is 0 Å². The van der Waals surface area contributed by atoms with Crippen LogP contribution < -0.4 is 4.90 Å². The Kier molecular flexibility index (Phi) is 5.43. The van der Waals surface area contributed by atoms with E-state index in [1.54, 1.807) is 4.90 Å². The molecule has 0 saturated carbocycles. The Morgan fingerprint density at radius 2 is 1.83 bits per heavy atom. The minimum Gasteiger partial charge on any atom is -0.466 e. The topological polar surface area (TPSA) is 65.1 Å². The van der Waals surface area contributed by atoms with Gasteiger partial charge in [0.05, 0.1) is 32.1 Å². The minimum absolute atomic E-state index is 0.00383. The van der Waals surface area contributed by atoms with Gasteiger partial charge in [0, 0.05) is 4.47 Å². The number of carbonyl (C=O) groups excluding carboxylic acids is 2. The molecule has 0 unspecified atom stereocenters. The van der Waals surface area contributed by atoms with Gasteiger partial charge >= 0.3 is 11.9 Å². The van der Waals surface area contributed by atoms with Gasteiger partial charge in [-0.2, -0.15) is 0 Å². The highest BCUT2D eigenvalue weighted by atomic mass is 79.9. The Hall–Kier alpha value is -1.86. The molecule has 0 spiro atoms. The fraction of sp³-hybridized carbons (Fsp3) is 0.375. The Bertz CT molecular complexity index is 660. The number of ether oxygens (including phenoxy) is 3. The van der Waals surface area contributed by atoms with Crippen LogP contribution in [0.5, 0.6) is 0 Å². The van der Waals surface area contributed by atoms with E-state index in [0.29, 0.717) is 0 Å². The molecular weight excluding hydrogens is 366 g/mol. The van der Waals surface area contributed by atoms with Crippen molar-refractivity contribution in [3.05, 3.63) is 39.0 Å². The zero-order valence-corrected chi connectivity index (χ0v) is 15.0. The number of rotatable bonds is 3. The number of methoxy groups -OCH3 is 2. The molecule has 1 aromatic rings. The maximum atomic E-state index is 12.3. The molecule has 0 radical (unpaired) electrons. The number of nitrogens with zero attached hydrogens (tertiary/aromatic N) is 1. The summed E-state index contributed by atoms with van der Waals surface area (Å²) in [5.41, 5.74) is 3.04. The molecular formula is C16H18BrNO5. The summed E-state index contributed by atoms with van der Waals surface area (Å²) in [5, 5.41) is 0. The first-order chi connectivity index (χ1) is 10.9. The third-order valence-corrected chi connectivity index (χ3v) is 4.11. The minimum atomic E-state index is -0.615. The Morgan fingerprint density at radius 3 is 2.39 bits per heavy atom. The van der Waals surface area contributed by atoms with Crippen LogP contribution in [0.25, 0.3) is 0 Å². The van der Waals surface area contributed by atoms with Crippen LogP contribution in [0.2, 0.25) is 0 Å². The molecule has 0 N–H and O–H groups in total. The summed E-state index contributed by atoms with van der Waals surface area (Å²) in [6, 6.07) is 3.92. The summed E-state index contributed by atoms with van der Waals surface area (Å²) in [5.74, 6) is -1.23. The summed E-state index contributed by atoms with van der Waals surface area (Å²) in [4.78, 5) is 25.9. The zero-order chi connectivity index (χ0) is 17.1. The zero-order valence-electron chi connectivity index (χ0n) is 13.4. The van der Waals surface area contributed by atoms with Crippen LogP contribution in [0.15, 0.2) is 27.9 Å². The van der Waals surface area contributed by atoms with E-state index in [1.807, 2.05) is 26.0 Å². The Balaban J connectivity index is 2.65. The molecule has 0 aliphatic carbocycles. The van der Waals surface area contributed by atoms with Crippen molar-refractivity contribution in [2.45, 2.75) is 13.8 Å². The number of hydrogen-bond donors (Lipinski definition) is 0. The summed E-state index contributed by atoms with van der Waals surface area (Å²) < 4.78 is 15.9. The smallest absolute Gasteiger partial charge is 0.355 e. The maximum absolute atomic E-state index is 12.3. The number of carbonyl (C=O) groups is 2. The van der Waals surface area contributed by atoms with E-state index in [0.717, 1.165) is 21.3 Å². The number of anilines is 1. The van der Waals surface area contributed by atoms with Crippen molar-refractivity contribution < 1.29 is 23.8 Å². The first-order valence-electron chi connectivity index (χ1n) is 6.92. The first-order valence-corrected chi connectivity index (χ1v) is 7.71. The van der Waals surface area contributed by atoms with E-state index in [-0.39, 0.29) is 24.6 Å². The summed E-state index contributed by atoms with van der Waals surface area (Å²) in [7, 11) is 2.53. The van der Waals surface area contributed by atoms with E-state index < -0.39 is 11.9 Å². The molecule has 1 aliphatic rings. The van der Waals surface area contributed by atoms with Gasteiger partial charge in [-0.3, -0.25) is 0 Å². The average Bonchev–Trinajstić information content (AvgIpc) is 2.52. The molecule has 6 nitrogen and oxygen atoms in total. The number of benzene rings is 1. The quantitative estimate of drug-likeness (QED) is 0.747. The summed E-state index contributed by atoms with van der Waals surface area (Å²) in [6.45, 7) is 4.03. The van der Waals surface area contributed by atoms with Crippen LogP contribution in [0.3, 0.4) is 0 Å². The second kappa shape index (κ2) is 7.14. The number of esters is 2. The van der Waals surface area contributed by atoms with Crippen LogP contribution in [0, 0.1) is 13.8 Å². The van der Waals surface area contributed by atoms with Crippen molar-refractivity contribution in [1.29, 1.82) is 0 Å². The molecule has 2 rings (SSSR count). The van der Waals surface area contributed by atoms with Crippen molar-refractivity contribution >= 4 is 33.6 Å². The van der Waals surface area contributed by atoms with Crippen molar-refractivity contribution in [2.75, 3.05) is 32.5 Å². The van der Waals surface area contributed by atoms with Gasteiger partial charge in [0.25, 0.3) is 0 Å². The predicted molar refractivity (Wildman–Crippen MR) is 88.0 cm³/mol. The predicted octanol–water partition coefficient (Wildman–Crippen LogP) is 2.46. The molecule has 0 aromatic heterocycles. The Morgan fingerprint density at radius 1 is 1.17 bits per heavy atom. The largest absolute Gasteiger partial charge is 0.466 e. The van der Waals surface area contributed by atoms with Gasteiger partial charge in [-0.15, -0.1) is 0 Å². The van der Waals surface area contributed by atoms with Crippen molar-refractivity contribution in [2.24, 2.45) is 0 Å². The van der Waals surface area contributed by atoms with Gasteiger partial charge in [0.2, 0.25) is 0 Å². The SMILES string of the molecule is COC(=O)C1=C(C(=O)OC)N(c2c(C)cc(C)cc2Br)COC1. The second-order valence-electron chi connectivity index (χ2n) is 5.13. The van der Waals surface area contributed by atoms with E-state index in [2.05, 4.69) is 15.9 Å². The van der Waals surface area contributed by atoms with E-state index >= 15 is 0 Å². The molecule has 1 heterocycles. The lowest BCUT2D eigenvalue weighted by Crippen LogP contribution is -2.39.